The Kier molecular flexibility index (Phi) is 4.61. The van der Waals surface area contributed by atoms with Crippen LogP contribution in [0, 0.1) is 0 Å². The van der Waals surface area contributed by atoms with Crippen molar-refractivity contribution in [2.45, 2.75) is 18.8 Å². The van der Waals surface area contributed by atoms with Gasteiger partial charge in [-0.05, 0) is 36.3 Å². The van der Waals surface area contributed by atoms with Gasteiger partial charge in [-0.15, -0.1) is 0 Å². The highest BCUT2D eigenvalue weighted by atomic mass is 127. The first kappa shape index (κ1) is 15.9. The molecule has 0 bridgehead atoms. The van der Waals surface area contributed by atoms with Gasteiger partial charge < -0.3 is 9.84 Å². The number of hydrogen-bond donors (Lipinski definition) is 1. The Morgan fingerprint density at radius 1 is 1.39 bits per heavy atom. The number of aliphatic imine (C=N–C) groups is 1. The molecule has 1 N–H and O–H groups in total. The molecule has 3 rings (SSSR count). The first-order valence-electron chi connectivity index (χ1n) is 7.19. The molecule has 118 valence electrons. The molecule has 6 heteroatoms. The van der Waals surface area contributed by atoms with Crippen molar-refractivity contribution in [3.05, 3.63) is 47.7 Å². The number of carboxylic acid groups (broad SMARTS) is 1. The molecule has 0 saturated heterocycles. The molecule has 0 fully saturated rings. The molecule has 23 heavy (non-hydrogen) atoms. The van der Waals surface area contributed by atoms with Crippen LogP contribution in [0.15, 0.2) is 47.2 Å². The molecular formula is C17H14INO4. The lowest BCUT2D eigenvalue weighted by Gasteiger charge is -2.21. The Bertz CT molecular complexity index is 764. The van der Waals surface area contributed by atoms with E-state index < -0.39 is 11.9 Å². The van der Waals surface area contributed by atoms with Crippen LogP contribution in [0.25, 0.3) is 0 Å². The number of fused-ring (bicyclic) bond motifs is 2. The van der Waals surface area contributed by atoms with Gasteiger partial charge in [0, 0.05) is 10.8 Å². The van der Waals surface area contributed by atoms with Crippen molar-refractivity contribution >= 4 is 45.7 Å². The molecule has 5 nitrogen and oxygen atoms in total. The minimum absolute atomic E-state index is 0.230. The number of carbonyl (C=O) groups is 2. The summed E-state index contributed by atoms with van der Waals surface area (Å²) in [5, 5.41) is 9.40. The molecule has 0 aromatic heterocycles. The first-order valence-corrected chi connectivity index (χ1v) is 8.71. The Hall–Kier alpha value is -1.96. The van der Waals surface area contributed by atoms with Gasteiger partial charge in [0.25, 0.3) is 0 Å². The van der Waals surface area contributed by atoms with Gasteiger partial charge >= 0.3 is 5.97 Å². The summed E-state index contributed by atoms with van der Waals surface area (Å²) in [5.41, 5.74) is 1.82. The summed E-state index contributed by atoms with van der Waals surface area (Å²) >= 11 is 2.06. The van der Waals surface area contributed by atoms with Crippen LogP contribution in [0.1, 0.15) is 24.3 Å². The van der Waals surface area contributed by atoms with Gasteiger partial charge in [-0.3, -0.25) is 9.59 Å². The molecule has 0 radical (unpaired) electrons. The number of ether oxygens (including phenoxy) is 1. The van der Waals surface area contributed by atoms with Gasteiger partial charge in [0.15, 0.2) is 11.5 Å². The highest BCUT2D eigenvalue weighted by Gasteiger charge is 2.29. The first-order chi connectivity index (χ1) is 11.1. The van der Waals surface area contributed by atoms with Crippen LogP contribution in [0.5, 0.6) is 5.75 Å². The number of rotatable bonds is 5. The average Bonchev–Trinajstić information content (AvgIpc) is 2.53. The number of aliphatic carboxylic acids is 1. The second-order valence-corrected chi connectivity index (χ2v) is 6.29. The van der Waals surface area contributed by atoms with E-state index in [2.05, 4.69) is 27.6 Å². The number of ketones is 1. The summed E-state index contributed by atoms with van der Waals surface area (Å²) in [6, 6.07) is 4.94. The summed E-state index contributed by atoms with van der Waals surface area (Å²) in [5.74, 6) is -1.44. The van der Waals surface area contributed by atoms with E-state index in [1.165, 1.54) is 0 Å². The topological polar surface area (TPSA) is 76.0 Å². The van der Waals surface area contributed by atoms with E-state index >= 15 is 0 Å². The predicted octanol–water partition coefficient (Wildman–Crippen LogP) is 3.56. The SMILES string of the molecule is O=C(O)C(C(=O)CCI)c1ccc2c(c1)OC1=CCC=CC1=N2. The molecule has 1 aromatic carbocycles. The van der Waals surface area contributed by atoms with Crippen molar-refractivity contribution in [1.82, 2.24) is 0 Å². The van der Waals surface area contributed by atoms with Crippen LogP contribution in [-0.2, 0) is 9.59 Å². The number of benzene rings is 1. The fraction of sp³-hybridized carbons (Fsp3) is 0.235. The third kappa shape index (κ3) is 3.21. The quantitative estimate of drug-likeness (QED) is 0.447. The summed E-state index contributed by atoms with van der Waals surface area (Å²) < 4.78 is 6.41. The molecule has 1 aromatic rings. The highest BCUT2D eigenvalue weighted by Crippen LogP contribution is 2.37. The fourth-order valence-corrected chi connectivity index (χ4v) is 3.10. The third-order valence-corrected chi connectivity index (χ3v) is 4.19. The molecule has 1 aliphatic carbocycles. The van der Waals surface area contributed by atoms with Gasteiger partial charge in [0.05, 0.1) is 0 Å². The minimum atomic E-state index is -1.16. The molecule has 1 atom stereocenters. The Balaban J connectivity index is 1.98. The number of carbonyl (C=O) groups excluding carboxylic acids is 1. The molecule has 2 aliphatic rings. The highest BCUT2D eigenvalue weighted by molar-refractivity contribution is 14.1. The van der Waals surface area contributed by atoms with Crippen LogP contribution in [0.3, 0.4) is 0 Å². The minimum Gasteiger partial charge on any atom is -0.480 e. The molecule has 0 amide bonds. The molecular weight excluding hydrogens is 409 g/mol. The second kappa shape index (κ2) is 6.66. The number of carboxylic acids is 1. The second-order valence-electron chi connectivity index (χ2n) is 5.21. The normalized spacial score (nSPS) is 16.4. The van der Waals surface area contributed by atoms with Crippen molar-refractivity contribution in [3.63, 3.8) is 0 Å². The zero-order chi connectivity index (χ0) is 16.4. The van der Waals surface area contributed by atoms with Crippen molar-refractivity contribution in [2.75, 3.05) is 4.43 Å². The Morgan fingerprint density at radius 3 is 2.96 bits per heavy atom. The third-order valence-electron chi connectivity index (χ3n) is 3.66. The van der Waals surface area contributed by atoms with Gasteiger partial charge in [-0.1, -0.05) is 34.7 Å². The Morgan fingerprint density at radius 2 is 2.22 bits per heavy atom. The van der Waals surface area contributed by atoms with Crippen LogP contribution >= 0.6 is 22.6 Å². The Labute approximate surface area is 146 Å². The summed E-state index contributed by atoms with van der Waals surface area (Å²) in [4.78, 5) is 28.1. The van der Waals surface area contributed by atoms with E-state index in [1.54, 1.807) is 18.2 Å². The van der Waals surface area contributed by atoms with E-state index in [0.29, 0.717) is 27.2 Å². The maximum Gasteiger partial charge on any atom is 0.318 e. The van der Waals surface area contributed by atoms with Crippen LogP contribution in [0.2, 0.25) is 0 Å². The van der Waals surface area contributed by atoms with Crippen LogP contribution < -0.4 is 4.74 Å². The smallest absolute Gasteiger partial charge is 0.318 e. The monoisotopic (exact) mass is 423 g/mol. The molecule has 1 heterocycles. The van der Waals surface area contributed by atoms with Crippen molar-refractivity contribution in [2.24, 2.45) is 4.99 Å². The van der Waals surface area contributed by atoms with Gasteiger partial charge in [-0.2, -0.15) is 0 Å². The van der Waals surface area contributed by atoms with Gasteiger partial charge in [0.2, 0.25) is 0 Å². The number of nitrogens with zero attached hydrogens (tertiary/aromatic N) is 1. The lowest BCUT2D eigenvalue weighted by molar-refractivity contribution is -0.142. The predicted molar refractivity (Wildman–Crippen MR) is 94.9 cm³/mol. The number of allylic oxidation sites excluding steroid dienone is 3. The van der Waals surface area contributed by atoms with E-state index in [-0.39, 0.29) is 12.2 Å². The summed E-state index contributed by atoms with van der Waals surface area (Å²) in [7, 11) is 0. The van der Waals surface area contributed by atoms with Gasteiger partial charge in [0.1, 0.15) is 23.1 Å². The van der Waals surface area contributed by atoms with Crippen molar-refractivity contribution in [3.8, 4) is 5.75 Å². The van der Waals surface area contributed by atoms with Crippen molar-refractivity contribution in [1.29, 1.82) is 0 Å². The van der Waals surface area contributed by atoms with Crippen molar-refractivity contribution < 1.29 is 19.4 Å². The maximum absolute atomic E-state index is 12.1. The largest absolute Gasteiger partial charge is 0.480 e. The van der Waals surface area contributed by atoms with E-state index in [4.69, 9.17) is 4.74 Å². The number of alkyl halides is 1. The lowest BCUT2D eigenvalue weighted by atomic mass is 9.93. The molecule has 1 unspecified atom stereocenters. The molecule has 1 aliphatic heterocycles. The molecule has 0 spiro atoms. The number of Topliss-reactive ketones (excluding diaryl/α,β-unsaturated/α-hetero) is 1. The molecule has 0 saturated carbocycles. The van der Waals surface area contributed by atoms with E-state index in [0.717, 1.165) is 12.1 Å². The van der Waals surface area contributed by atoms with Gasteiger partial charge in [-0.25, -0.2) is 4.99 Å². The lowest BCUT2D eigenvalue weighted by Crippen LogP contribution is -2.22. The van der Waals surface area contributed by atoms with Crippen LogP contribution in [-0.4, -0.2) is 27.0 Å². The fourth-order valence-electron chi connectivity index (χ4n) is 2.56. The standard InChI is InChI=1S/C17H14INO4/c18-8-7-13(20)16(17(21)22)10-5-6-12-15(9-10)23-14-4-2-1-3-11(14)19-12/h1,3-6,9,16H,2,7-8H2,(H,21,22). The summed E-state index contributed by atoms with van der Waals surface area (Å²) in [6.07, 6.45) is 6.82. The number of hydrogen-bond acceptors (Lipinski definition) is 4. The summed E-state index contributed by atoms with van der Waals surface area (Å²) in [6.45, 7) is 0. The zero-order valence-electron chi connectivity index (χ0n) is 12.2. The van der Waals surface area contributed by atoms with E-state index in [9.17, 15) is 14.7 Å². The average molecular weight is 423 g/mol. The zero-order valence-corrected chi connectivity index (χ0v) is 14.3. The van der Waals surface area contributed by atoms with Crippen LogP contribution in [0.4, 0.5) is 5.69 Å². The maximum atomic E-state index is 12.1. The van der Waals surface area contributed by atoms with E-state index in [1.807, 2.05) is 18.2 Å². The number of halogens is 1.